The molecule has 0 radical (unpaired) electrons. The van der Waals surface area contributed by atoms with E-state index in [9.17, 15) is 14.4 Å². The van der Waals surface area contributed by atoms with Crippen molar-refractivity contribution in [3.05, 3.63) is 59.9 Å². The number of ether oxygens (including phenoxy) is 2. The van der Waals surface area contributed by atoms with Crippen LogP contribution in [-0.2, 0) is 32.2 Å². The number of para-hydroxylation sites is 1. The summed E-state index contributed by atoms with van der Waals surface area (Å²) >= 11 is 0. The molecule has 1 aliphatic heterocycles. The van der Waals surface area contributed by atoms with Crippen molar-refractivity contribution in [2.45, 2.75) is 50.5 Å². The Hall–Kier alpha value is -3.54. The first kappa shape index (κ1) is 28.7. The number of aromatic nitrogens is 1. The van der Waals surface area contributed by atoms with Gasteiger partial charge in [-0.1, -0.05) is 24.3 Å². The molecule has 0 aliphatic carbocycles. The van der Waals surface area contributed by atoms with Crippen molar-refractivity contribution in [1.29, 1.82) is 0 Å². The number of rotatable bonds is 12. The van der Waals surface area contributed by atoms with Crippen molar-refractivity contribution in [3.8, 4) is 5.75 Å². The molecule has 0 amide bonds. The molecule has 36 heavy (non-hydrogen) atoms. The number of benzene rings is 1. The van der Waals surface area contributed by atoms with E-state index in [4.69, 9.17) is 29.9 Å². The van der Waals surface area contributed by atoms with Gasteiger partial charge >= 0.3 is 17.9 Å². The topological polar surface area (TPSA) is 167 Å². The van der Waals surface area contributed by atoms with Gasteiger partial charge in [0.15, 0.2) is 5.60 Å². The highest BCUT2D eigenvalue weighted by molar-refractivity contribution is 5.88. The minimum atomic E-state index is -2.74. The molecule has 1 aromatic heterocycles. The lowest BCUT2D eigenvalue weighted by atomic mass is 9.96. The normalized spacial score (nSPS) is 15.1. The maximum absolute atomic E-state index is 10.3. The Balaban J connectivity index is 0.000000302. The summed E-state index contributed by atoms with van der Waals surface area (Å²) in [6.07, 6.45) is 4.11. The summed E-state index contributed by atoms with van der Waals surface area (Å²) in [7, 11) is 1.73. The van der Waals surface area contributed by atoms with E-state index < -0.39 is 36.4 Å². The van der Waals surface area contributed by atoms with E-state index in [0.717, 1.165) is 38.4 Å². The molecule has 1 aromatic carbocycles. The minimum absolute atomic E-state index is 0.335. The monoisotopic (exact) mass is 504 g/mol. The number of nitrogens with zero attached hydrogens (tertiary/aromatic N) is 2. The third-order valence-electron chi connectivity index (χ3n) is 5.49. The van der Waals surface area contributed by atoms with Crippen molar-refractivity contribution in [2.24, 2.45) is 0 Å². The summed E-state index contributed by atoms with van der Waals surface area (Å²) in [6, 6.07) is 12.3. The summed E-state index contributed by atoms with van der Waals surface area (Å²) in [5, 5.41) is 33.8. The fraction of sp³-hybridized carbons (Fsp3) is 0.440. The molecule has 0 spiro atoms. The molecule has 196 valence electrons. The average molecular weight is 505 g/mol. The molecule has 1 unspecified atom stereocenters. The molecule has 3 rings (SSSR count). The Morgan fingerprint density at radius 3 is 2.31 bits per heavy atom. The fourth-order valence-corrected chi connectivity index (χ4v) is 3.80. The van der Waals surface area contributed by atoms with Gasteiger partial charge in [0.05, 0.1) is 26.1 Å². The highest BCUT2D eigenvalue weighted by Gasteiger charge is 2.40. The number of aliphatic hydroxyl groups is 1. The van der Waals surface area contributed by atoms with Crippen LogP contribution in [0.15, 0.2) is 48.8 Å². The van der Waals surface area contributed by atoms with Gasteiger partial charge in [-0.05, 0) is 30.5 Å². The Kier molecular flexibility index (Phi) is 11.3. The second-order valence-electron chi connectivity index (χ2n) is 8.46. The predicted octanol–water partition coefficient (Wildman–Crippen LogP) is 2.02. The third-order valence-corrected chi connectivity index (χ3v) is 5.49. The highest BCUT2D eigenvalue weighted by Crippen LogP contribution is 2.22. The maximum atomic E-state index is 10.3. The molecule has 1 aliphatic rings. The quantitative estimate of drug-likeness (QED) is 0.334. The maximum Gasteiger partial charge on any atom is 0.336 e. The van der Waals surface area contributed by atoms with Crippen LogP contribution in [0.25, 0.3) is 0 Å². The molecule has 11 nitrogen and oxygen atoms in total. The number of carboxylic acid groups (broad SMARTS) is 3. The van der Waals surface area contributed by atoms with Crippen LogP contribution < -0.4 is 4.74 Å². The second kappa shape index (κ2) is 14.1. The lowest BCUT2D eigenvalue weighted by Crippen LogP contribution is -2.42. The molecule has 1 saturated heterocycles. The summed E-state index contributed by atoms with van der Waals surface area (Å²) < 4.78 is 11.3. The number of hydrogen-bond acceptors (Lipinski definition) is 8. The van der Waals surface area contributed by atoms with Crippen LogP contribution in [-0.4, -0.2) is 80.2 Å². The number of aliphatic carboxylic acids is 3. The zero-order chi connectivity index (χ0) is 26.6. The van der Waals surface area contributed by atoms with Crippen LogP contribution in [0, 0.1) is 0 Å². The van der Waals surface area contributed by atoms with Gasteiger partial charge in [-0.25, -0.2) is 4.79 Å². The molecular weight excluding hydrogens is 472 g/mol. The molecule has 4 N–H and O–H groups in total. The Labute approximate surface area is 208 Å². The summed E-state index contributed by atoms with van der Waals surface area (Å²) in [4.78, 5) is 37.1. The van der Waals surface area contributed by atoms with E-state index in [0.29, 0.717) is 6.10 Å². The van der Waals surface area contributed by atoms with Gasteiger partial charge in [0.25, 0.3) is 0 Å². The molecule has 0 bridgehead atoms. The number of carbonyl (C=O) groups is 3. The number of methoxy groups -OCH3 is 1. The van der Waals surface area contributed by atoms with E-state index in [1.807, 2.05) is 30.6 Å². The van der Waals surface area contributed by atoms with Gasteiger partial charge in [0.2, 0.25) is 0 Å². The third kappa shape index (κ3) is 9.61. The van der Waals surface area contributed by atoms with Crippen LogP contribution in [0.3, 0.4) is 0 Å². The van der Waals surface area contributed by atoms with Gasteiger partial charge in [-0.3, -0.25) is 19.5 Å². The predicted molar refractivity (Wildman–Crippen MR) is 127 cm³/mol. The Bertz CT molecular complexity index is 978. The van der Waals surface area contributed by atoms with E-state index in [2.05, 4.69) is 28.1 Å². The summed E-state index contributed by atoms with van der Waals surface area (Å²) in [5.41, 5.74) is -0.310. The SMILES string of the molecule is COc1ccccc1CN(Cc1cccnc1)CC1CCCO1.O=C(O)CC(O)(CC(=O)O)C(=O)O. The fourth-order valence-electron chi connectivity index (χ4n) is 3.80. The first-order chi connectivity index (χ1) is 17.1. The van der Waals surface area contributed by atoms with Crippen LogP contribution in [0.5, 0.6) is 5.75 Å². The number of pyridine rings is 1. The Morgan fingerprint density at radius 2 is 1.78 bits per heavy atom. The Morgan fingerprint density at radius 1 is 1.08 bits per heavy atom. The van der Waals surface area contributed by atoms with Crippen molar-refractivity contribution >= 4 is 17.9 Å². The van der Waals surface area contributed by atoms with E-state index in [-0.39, 0.29) is 0 Å². The van der Waals surface area contributed by atoms with Gasteiger partial charge < -0.3 is 29.9 Å². The summed E-state index contributed by atoms with van der Waals surface area (Å²) in [6.45, 7) is 3.54. The molecular formula is C25H32N2O9. The van der Waals surface area contributed by atoms with Crippen molar-refractivity contribution in [2.75, 3.05) is 20.3 Å². The highest BCUT2D eigenvalue weighted by atomic mass is 16.5. The largest absolute Gasteiger partial charge is 0.496 e. The van der Waals surface area contributed by atoms with Crippen LogP contribution in [0.4, 0.5) is 0 Å². The summed E-state index contributed by atoms with van der Waals surface area (Å²) in [5.74, 6) is -4.08. The van der Waals surface area contributed by atoms with E-state index >= 15 is 0 Å². The van der Waals surface area contributed by atoms with Crippen LogP contribution >= 0.6 is 0 Å². The van der Waals surface area contributed by atoms with E-state index in [1.165, 1.54) is 17.5 Å². The number of carboxylic acids is 3. The standard InChI is InChI=1S/C19H24N2O2.C6H8O7/c1-22-19-9-3-2-7-17(19)14-21(15-18-8-5-11-23-18)13-16-6-4-10-20-12-16;7-3(8)1-6(13,5(11)12)2-4(9)10/h2-4,6-7,9-10,12,18H,5,8,11,13-15H2,1H3;13H,1-2H2,(H,7,8)(H,9,10)(H,11,12). The van der Waals surface area contributed by atoms with Crippen molar-refractivity contribution in [1.82, 2.24) is 9.88 Å². The lowest BCUT2D eigenvalue weighted by molar-refractivity contribution is -0.170. The zero-order valence-corrected chi connectivity index (χ0v) is 20.1. The van der Waals surface area contributed by atoms with Crippen LogP contribution in [0.1, 0.15) is 36.8 Å². The van der Waals surface area contributed by atoms with Crippen LogP contribution in [0.2, 0.25) is 0 Å². The molecule has 1 fully saturated rings. The molecule has 0 saturated carbocycles. The van der Waals surface area contributed by atoms with Gasteiger partial charge in [0.1, 0.15) is 5.75 Å². The van der Waals surface area contributed by atoms with Gasteiger partial charge in [-0.2, -0.15) is 0 Å². The molecule has 2 aromatic rings. The van der Waals surface area contributed by atoms with Crippen molar-refractivity contribution < 1.29 is 44.3 Å². The first-order valence-corrected chi connectivity index (χ1v) is 11.4. The molecule has 11 heteroatoms. The average Bonchev–Trinajstić information content (AvgIpc) is 3.32. The smallest absolute Gasteiger partial charge is 0.336 e. The van der Waals surface area contributed by atoms with Gasteiger partial charge in [-0.15, -0.1) is 0 Å². The van der Waals surface area contributed by atoms with Gasteiger partial charge in [0, 0.05) is 44.2 Å². The second-order valence-corrected chi connectivity index (χ2v) is 8.46. The molecule has 2 heterocycles. The zero-order valence-electron chi connectivity index (χ0n) is 20.1. The first-order valence-electron chi connectivity index (χ1n) is 11.4. The van der Waals surface area contributed by atoms with E-state index in [1.54, 1.807) is 7.11 Å². The van der Waals surface area contributed by atoms with Crippen molar-refractivity contribution in [3.63, 3.8) is 0 Å². The lowest BCUT2D eigenvalue weighted by Gasteiger charge is -2.26. The number of hydrogen-bond donors (Lipinski definition) is 4. The molecule has 1 atom stereocenters. The minimum Gasteiger partial charge on any atom is -0.496 e.